The third-order valence-electron chi connectivity index (χ3n) is 7.40. The summed E-state index contributed by atoms with van der Waals surface area (Å²) < 4.78 is 10.8. The predicted molar refractivity (Wildman–Crippen MR) is 130 cm³/mol. The quantitative estimate of drug-likeness (QED) is 0.504. The van der Waals surface area contributed by atoms with Gasteiger partial charge in [-0.15, -0.1) is 0 Å². The van der Waals surface area contributed by atoms with Crippen LogP contribution in [-0.2, 0) is 19.1 Å². The molecule has 1 heterocycles. The van der Waals surface area contributed by atoms with E-state index in [1.165, 1.54) is 0 Å². The molecule has 2 atom stereocenters. The topological polar surface area (TPSA) is 114 Å². The Kier molecular flexibility index (Phi) is 7.40. The second-order valence-electron chi connectivity index (χ2n) is 9.16. The third kappa shape index (κ3) is 4.89. The minimum absolute atomic E-state index is 0.0473. The van der Waals surface area contributed by atoms with Gasteiger partial charge in [-0.05, 0) is 41.5 Å². The minimum atomic E-state index is -1.09. The first-order chi connectivity index (χ1) is 16.9. The van der Waals surface area contributed by atoms with Crippen LogP contribution in [0.1, 0.15) is 50.2 Å². The fraction of sp³-hybridized carbons (Fsp3) is 0.444. The number of benzene rings is 2. The molecule has 0 bridgehead atoms. The van der Waals surface area contributed by atoms with E-state index >= 15 is 0 Å². The summed E-state index contributed by atoms with van der Waals surface area (Å²) in [4.78, 5) is 37.2. The van der Waals surface area contributed by atoms with Crippen LogP contribution in [0.5, 0.6) is 0 Å². The molecule has 35 heavy (non-hydrogen) atoms. The lowest BCUT2D eigenvalue weighted by molar-refractivity contribution is -0.148. The highest BCUT2D eigenvalue weighted by atomic mass is 16.5. The van der Waals surface area contributed by atoms with E-state index in [4.69, 9.17) is 9.47 Å². The number of carboxylic acids is 1. The molecule has 2 amide bonds. The predicted octanol–water partition coefficient (Wildman–Crippen LogP) is 3.69. The summed E-state index contributed by atoms with van der Waals surface area (Å²) in [6.45, 7) is 4.32. The van der Waals surface area contributed by atoms with Crippen molar-refractivity contribution < 1.29 is 29.0 Å². The summed E-state index contributed by atoms with van der Waals surface area (Å²) in [5.74, 6) is -1.43. The molecule has 1 fully saturated rings. The van der Waals surface area contributed by atoms with Gasteiger partial charge in [-0.25, -0.2) is 9.59 Å². The lowest BCUT2D eigenvalue weighted by Gasteiger charge is -2.32. The molecule has 2 aromatic rings. The molecule has 0 saturated carbocycles. The van der Waals surface area contributed by atoms with Crippen molar-refractivity contribution in [2.75, 3.05) is 19.8 Å². The molecule has 3 N–H and O–H groups in total. The van der Waals surface area contributed by atoms with Crippen LogP contribution in [0.15, 0.2) is 48.5 Å². The molecular weight excluding hydrogens is 448 g/mol. The van der Waals surface area contributed by atoms with Crippen LogP contribution in [0.25, 0.3) is 11.1 Å². The normalized spacial score (nSPS) is 19.0. The molecule has 2 aromatic carbocycles. The molecule has 1 saturated heterocycles. The van der Waals surface area contributed by atoms with Crippen molar-refractivity contribution in [3.8, 4) is 11.1 Å². The Bertz CT molecular complexity index is 1050. The molecule has 1 aliphatic carbocycles. The summed E-state index contributed by atoms with van der Waals surface area (Å²) >= 11 is 0. The van der Waals surface area contributed by atoms with Gasteiger partial charge in [0.05, 0.1) is 11.5 Å². The molecule has 0 unspecified atom stereocenters. The van der Waals surface area contributed by atoms with Crippen molar-refractivity contribution in [2.24, 2.45) is 5.41 Å². The molecule has 1 aliphatic heterocycles. The summed E-state index contributed by atoms with van der Waals surface area (Å²) in [6, 6.07) is 15.7. The van der Waals surface area contributed by atoms with Gasteiger partial charge in [0.2, 0.25) is 5.91 Å². The van der Waals surface area contributed by atoms with E-state index < -0.39 is 29.6 Å². The molecule has 0 aromatic heterocycles. The zero-order valence-electron chi connectivity index (χ0n) is 20.1. The Morgan fingerprint density at radius 1 is 1.03 bits per heavy atom. The Morgan fingerprint density at radius 3 is 2.20 bits per heavy atom. The monoisotopic (exact) mass is 480 g/mol. The Hall–Kier alpha value is -3.39. The van der Waals surface area contributed by atoms with Gasteiger partial charge in [-0.3, -0.25) is 4.79 Å². The first-order valence-electron chi connectivity index (χ1n) is 12.1. The molecule has 186 valence electrons. The van der Waals surface area contributed by atoms with Crippen LogP contribution < -0.4 is 10.6 Å². The van der Waals surface area contributed by atoms with Gasteiger partial charge in [0.1, 0.15) is 6.61 Å². The van der Waals surface area contributed by atoms with Crippen molar-refractivity contribution in [2.45, 2.75) is 51.2 Å². The fourth-order valence-corrected chi connectivity index (χ4v) is 5.09. The first kappa shape index (κ1) is 24.7. The second kappa shape index (κ2) is 10.5. The van der Waals surface area contributed by atoms with E-state index in [-0.39, 0.29) is 31.6 Å². The summed E-state index contributed by atoms with van der Waals surface area (Å²) in [5.41, 5.74) is 3.69. The summed E-state index contributed by atoms with van der Waals surface area (Å²) in [5, 5.41) is 14.9. The maximum atomic E-state index is 13.2. The largest absolute Gasteiger partial charge is 0.479 e. The maximum absolute atomic E-state index is 13.2. The van der Waals surface area contributed by atoms with Gasteiger partial charge in [-0.1, -0.05) is 62.4 Å². The van der Waals surface area contributed by atoms with Crippen LogP contribution >= 0.6 is 0 Å². The summed E-state index contributed by atoms with van der Waals surface area (Å²) in [6.07, 6.45) is -0.250. The highest BCUT2D eigenvalue weighted by Crippen LogP contribution is 2.44. The van der Waals surface area contributed by atoms with E-state index in [0.29, 0.717) is 19.3 Å². The van der Waals surface area contributed by atoms with Gasteiger partial charge in [0.15, 0.2) is 6.10 Å². The Morgan fingerprint density at radius 2 is 1.63 bits per heavy atom. The summed E-state index contributed by atoms with van der Waals surface area (Å²) in [7, 11) is 0. The van der Waals surface area contributed by atoms with Crippen molar-refractivity contribution in [3.05, 3.63) is 59.7 Å². The number of carboxylic acid groups (broad SMARTS) is 1. The van der Waals surface area contributed by atoms with Crippen LogP contribution in [0.2, 0.25) is 0 Å². The Balaban J connectivity index is 1.37. The lowest BCUT2D eigenvalue weighted by atomic mass is 9.81. The van der Waals surface area contributed by atoms with E-state index in [9.17, 15) is 19.5 Å². The highest BCUT2D eigenvalue weighted by Gasteiger charge is 2.41. The number of fused-ring (bicyclic) bond motifs is 3. The van der Waals surface area contributed by atoms with Crippen molar-refractivity contribution >= 4 is 18.0 Å². The number of hydrogen-bond acceptors (Lipinski definition) is 5. The number of aliphatic carboxylic acids is 1. The number of ether oxygens (including phenoxy) is 2. The van der Waals surface area contributed by atoms with E-state index in [2.05, 4.69) is 34.9 Å². The van der Waals surface area contributed by atoms with Crippen LogP contribution in [-0.4, -0.2) is 55.0 Å². The number of carbonyl (C=O) groups is 3. The number of nitrogens with one attached hydrogen (secondary N) is 2. The van der Waals surface area contributed by atoms with Crippen LogP contribution in [0.3, 0.4) is 0 Å². The molecule has 0 spiro atoms. The molecular formula is C27H32N2O6. The average Bonchev–Trinajstić information content (AvgIpc) is 3.46. The van der Waals surface area contributed by atoms with Gasteiger partial charge >= 0.3 is 12.1 Å². The molecule has 8 nitrogen and oxygen atoms in total. The highest BCUT2D eigenvalue weighted by molar-refractivity contribution is 5.85. The van der Waals surface area contributed by atoms with Crippen LogP contribution in [0.4, 0.5) is 4.79 Å². The number of rotatable bonds is 9. The maximum Gasteiger partial charge on any atom is 0.407 e. The zero-order valence-corrected chi connectivity index (χ0v) is 20.1. The van der Waals surface area contributed by atoms with Gasteiger partial charge < -0.3 is 25.2 Å². The molecule has 0 radical (unpaired) electrons. The zero-order chi connectivity index (χ0) is 25.0. The van der Waals surface area contributed by atoms with E-state index in [1.54, 1.807) is 0 Å². The fourth-order valence-electron chi connectivity index (χ4n) is 5.09. The first-order valence-corrected chi connectivity index (χ1v) is 12.1. The van der Waals surface area contributed by atoms with E-state index in [1.807, 2.05) is 38.1 Å². The third-order valence-corrected chi connectivity index (χ3v) is 7.40. The minimum Gasteiger partial charge on any atom is -0.479 e. The number of alkyl carbamates (subject to hydrolysis) is 1. The number of amides is 2. The molecule has 8 heteroatoms. The molecule has 4 rings (SSSR count). The van der Waals surface area contributed by atoms with Gasteiger partial charge in [0.25, 0.3) is 0 Å². The SMILES string of the molecule is CCC(CC)(CNC(=O)OCC1c2ccccc2-c2ccccc21)C(=O)N[C@H]1CCO[C@H]1C(=O)O. The van der Waals surface area contributed by atoms with Crippen LogP contribution in [0, 0.1) is 5.41 Å². The molecule has 2 aliphatic rings. The number of hydrogen-bond donors (Lipinski definition) is 3. The number of carbonyl (C=O) groups excluding carboxylic acids is 2. The van der Waals surface area contributed by atoms with E-state index in [0.717, 1.165) is 22.3 Å². The lowest BCUT2D eigenvalue weighted by Crippen LogP contribution is -2.53. The standard InChI is InChI=1S/C27H32N2O6/c1-3-27(4-2,25(32)29-22-13-14-34-23(22)24(30)31)16-28-26(33)35-15-21-19-11-7-5-9-17(19)18-10-6-8-12-20(18)21/h5-12,21-23H,3-4,13-16H2,1-2H3,(H,28,33)(H,29,32)(H,30,31)/t22-,23+/m0/s1. The van der Waals surface area contributed by atoms with Crippen molar-refractivity contribution in [3.63, 3.8) is 0 Å². The Labute approximate surface area is 205 Å². The second-order valence-corrected chi connectivity index (χ2v) is 9.16. The van der Waals surface area contributed by atoms with Gasteiger partial charge in [0, 0.05) is 19.1 Å². The van der Waals surface area contributed by atoms with Crippen molar-refractivity contribution in [1.29, 1.82) is 0 Å². The average molecular weight is 481 g/mol. The van der Waals surface area contributed by atoms with Crippen molar-refractivity contribution in [1.82, 2.24) is 10.6 Å². The van der Waals surface area contributed by atoms with Gasteiger partial charge in [-0.2, -0.15) is 0 Å². The smallest absolute Gasteiger partial charge is 0.407 e.